The minimum Gasteiger partial charge on any atom is -0.380 e. The molecule has 1 amide bonds. The van der Waals surface area contributed by atoms with Crippen molar-refractivity contribution in [1.82, 2.24) is 4.98 Å². The van der Waals surface area contributed by atoms with Gasteiger partial charge in [-0.05, 0) is 32.9 Å². The van der Waals surface area contributed by atoms with Gasteiger partial charge in [0.15, 0.2) is 5.60 Å². The fourth-order valence-corrected chi connectivity index (χ4v) is 1.81. The number of alkyl halides is 3. The third-order valence-corrected chi connectivity index (χ3v) is 3.23. The summed E-state index contributed by atoms with van der Waals surface area (Å²) >= 11 is 0. The predicted octanol–water partition coefficient (Wildman–Crippen LogP) is 2.57. The zero-order valence-corrected chi connectivity index (χ0v) is 12.7. The number of aliphatic hydroxyl groups is 1. The maximum absolute atomic E-state index is 12.5. The number of nitrogens with one attached hydrogen (secondary N) is 1. The largest absolute Gasteiger partial charge is 0.417 e. The smallest absolute Gasteiger partial charge is 0.380 e. The minimum atomic E-state index is -4.87. The Morgan fingerprint density at radius 3 is 2.32 bits per heavy atom. The van der Waals surface area contributed by atoms with E-state index < -0.39 is 24.1 Å². The zero-order valence-electron chi connectivity index (χ0n) is 12.7. The van der Waals surface area contributed by atoms with Gasteiger partial charge in [-0.1, -0.05) is 0 Å². The fraction of sp³-hybridized carbons (Fsp3) is 0.571. The van der Waals surface area contributed by atoms with Gasteiger partial charge < -0.3 is 15.3 Å². The van der Waals surface area contributed by atoms with Crippen molar-refractivity contribution in [3.63, 3.8) is 0 Å². The quantitative estimate of drug-likeness (QED) is 0.846. The van der Waals surface area contributed by atoms with Crippen LogP contribution >= 0.6 is 0 Å². The van der Waals surface area contributed by atoms with Gasteiger partial charge in [0, 0.05) is 13.1 Å². The van der Waals surface area contributed by atoms with Crippen LogP contribution in [0, 0.1) is 0 Å². The van der Waals surface area contributed by atoms with E-state index in [1.807, 2.05) is 18.7 Å². The van der Waals surface area contributed by atoms with Crippen molar-refractivity contribution >= 4 is 17.4 Å². The van der Waals surface area contributed by atoms with Crippen molar-refractivity contribution in [2.45, 2.75) is 39.0 Å². The first-order chi connectivity index (χ1) is 10.1. The van der Waals surface area contributed by atoms with E-state index in [4.69, 9.17) is 0 Å². The highest BCUT2D eigenvalue weighted by atomic mass is 19.4. The van der Waals surface area contributed by atoms with Crippen molar-refractivity contribution in [1.29, 1.82) is 0 Å². The first-order valence-electron chi connectivity index (χ1n) is 6.90. The van der Waals surface area contributed by atoms with E-state index >= 15 is 0 Å². The summed E-state index contributed by atoms with van der Waals surface area (Å²) in [6, 6.07) is 3.23. The maximum atomic E-state index is 12.5. The number of nitrogens with zero attached hydrogens (tertiary/aromatic N) is 2. The van der Waals surface area contributed by atoms with E-state index in [1.165, 1.54) is 6.20 Å². The molecule has 1 aromatic heterocycles. The van der Waals surface area contributed by atoms with E-state index in [9.17, 15) is 23.1 Å². The monoisotopic (exact) mass is 319 g/mol. The standard InChI is InChI=1S/C14H20F3N3O2/c1-4-20(5-2)11-7-6-10(9-18-11)19-12(21)8-13(3,22)14(15,16)17/h6-7,9,22H,4-5,8H2,1-3H3,(H,19,21)/t13-/m1/s1. The number of carbonyl (C=O) groups is 1. The summed E-state index contributed by atoms with van der Waals surface area (Å²) in [6.45, 7) is 6.04. The third-order valence-electron chi connectivity index (χ3n) is 3.23. The number of aromatic nitrogens is 1. The molecule has 1 atom stereocenters. The van der Waals surface area contributed by atoms with E-state index in [2.05, 4.69) is 10.3 Å². The van der Waals surface area contributed by atoms with Crippen LogP contribution in [-0.2, 0) is 4.79 Å². The first-order valence-corrected chi connectivity index (χ1v) is 6.90. The molecule has 0 aliphatic heterocycles. The first kappa shape index (κ1) is 18.2. The molecule has 0 radical (unpaired) electrons. The lowest BCUT2D eigenvalue weighted by Crippen LogP contribution is -2.44. The Bertz CT molecular complexity index is 497. The van der Waals surface area contributed by atoms with E-state index in [0.717, 1.165) is 13.1 Å². The number of hydrogen-bond acceptors (Lipinski definition) is 4. The molecule has 2 N–H and O–H groups in total. The third kappa shape index (κ3) is 4.59. The number of anilines is 2. The van der Waals surface area contributed by atoms with Gasteiger partial charge in [0.25, 0.3) is 0 Å². The van der Waals surface area contributed by atoms with Gasteiger partial charge in [-0.3, -0.25) is 4.79 Å². The molecule has 8 heteroatoms. The normalized spacial score (nSPS) is 14.3. The summed E-state index contributed by atoms with van der Waals surface area (Å²) < 4.78 is 37.5. The van der Waals surface area contributed by atoms with Gasteiger partial charge >= 0.3 is 6.18 Å². The molecule has 1 aromatic rings. The molecule has 22 heavy (non-hydrogen) atoms. The Morgan fingerprint density at radius 2 is 1.91 bits per heavy atom. The van der Waals surface area contributed by atoms with Gasteiger partial charge in [0.05, 0.1) is 18.3 Å². The average Bonchev–Trinajstić information content (AvgIpc) is 2.40. The molecule has 0 aliphatic carbocycles. The van der Waals surface area contributed by atoms with Crippen LogP contribution < -0.4 is 10.2 Å². The van der Waals surface area contributed by atoms with Crippen molar-refractivity contribution < 1.29 is 23.1 Å². The summed E-state index contributed by atoms with van der Waals surface area (Å²) in [5.74, 6) is -0.218. The molecule has 0 fully saturated rings. The van der Waals surface area contributed by atoms with Crippen LogP contribution in [-0.4, -0.2) is 40.9 Å². The van der Waals surface area contributed by atoms with Crippen LogP contribution in [0.5, 0.6) is 0 Å². The van der Waals surface area contributed by atoms with Crippen LogP contribution in [0.1, 0.15) is 27.2 Å². The second-order valence-corrected chi connectivity index (χ2v) is 5.07. The Balaban J connectivity index is 2.70. The van der Waals surface area contributed by atoms with Gasteiger partial charge in [0.2, 0.25) is 5.91 Å². The Labute approximate surface area is 127 Å². The van der Waals surface area contributed by atoms with E-state index in [-0.39, 0.29) is 5.69 Å². The zero-order chi connectivity index (χ0) is 17.0. The predicted molar refractivity (Wildman–Crippen MR) is 77.7 cm³/mol. The Kier molecular flexibility index (Phi) is 5.76. The molecule has 0 saturated carbocycles. The molecule has 0 bridgehead atoms. The summed E-state index contributed by atoms with van der Waals surface area (Å²) in [6.07, 6.45) is -4.57. The molecule has 124 valence electrons. The van der Waals surface area contributed by atoms with Gasteiger partial charge in [-0.2, -0.15) is 13.2 Å². The Hall–Kier alpha value is -1.83. The van der Waals surface area contributed by atoms with Crippen molar-refractivity contribution in [2.24, 2.45) is 0 Å². The van der Waals surface area contributed by atoms with Crippen molar-refractivity contribution in [3.8, 4) is 0 Å². The lowest BCUT2D eigenvalue weighted by Gasteiger charge is -2.25. The summed E-state index contributed by atoms with van der Waals surface area (Å²) in [4.78, 5) is 17.7. The number of rotatable bonds is 6. The summed E-state index contributed by atoms with van der Waals surface area (Å²) in [5.41, 5.74) is -2.79. The lowest BCUT2D eigenvalue weighted by molar-refractivity contribution is -0.252. The molecule has 0 spiro atoms. The molecule has 0 saturated heterocycles. The summed E-state index contributed by atoms with van der Waals surface area (Å²) in [7, 11) is 0. The molecular formula is C14H20F3N3O2. The maximum Gasteiger partial charge on any atom is 0.417 e. The molecular weight excluding hydrogens is 299 g/mol. The van der Waals surface area contributed by atoms with Crippen LogP contribution in [0.2, 0.25) is 0 Å². The highest BCUT2D eigenvalue weighted by molar-refractivity contribution is 5.91. The van der Waals surface area contributed by atoms with Gasteiger partial charge in [0.1, 0.15) is 5.82 Å². The van der Waals surface area contributed by atoms with Crippen molar-refractivity contribution in [3.05, 3.63) is 18.3 Å². The number of hydrogen-bond donors (Lipinski definition) is 2. The minimum absolute atomic E-state index is 0.277. The number of amides is 1. The molecule has 1 heterocycles. The molecule has 0 aromatic carbocycles. The van der Waals surface area contributed by atoms with Crippen LogP contribution in [0.15, 0.2) is 18.3 Å². The van der Waals surface area contributed by atoms with E-state index in [1.54, 1.807) is 12.1 Å². The second-order valence-electron chi connectivity index (χ2n) is 5.07. The SMILES string of the molecule is CCN(CC)c1ccc(NC(=O)C[C@@](C)(O)C(F)(F)F)cn1. The van der Waals surface area contributed by atoms with Crippen LogP contribution in [0.4, 0.5) is 24.7 Å². The fourth-order valence-electron chi connectivity index (χ4n) is 1.81. The molecule has 0 unspecified atom stereocenters. The Morgan fingerprint density at radius 1 is 1.32 bits per heavy atom. The van der Waals surface area contributed by atoms with E-state index in [0.29, 0.717) is 12.7 Å². The number of pyridine rings is 1. The molecule has 1 rings (SSSR count). The molecule has 0 aliphatic rings. The average molecular weight is 319 g/mol. The van der Waals surface area contributed by atoms with Gasteiger partial charge in [-0.15, -0.1) is 0 Å². The highest BCUT2D eigenvalue weighted by Crippen LogP contribution is 2.32. The van der Waals surface area contributed by atoms with Crippen LogP contribution in [0.25, 0.3) is 0 Å². The second kappa shape index (κ2) is 6.95. The highest BCUT2D eigenvalue weighted by Gasteiger charge is 2.50. The van der Waals surface area contributed by atoms with Gasteiger partial charge in [-0.25, -0.2) is 4.98 Å². The number of halogens is 3. The number of carbonyl (C=O) groups excluding carboxylic acids is 1. The molecule has 5 nitrogen and oxygen atoms in total. The summed E-state index contributed by atoms with van der Waals surface area (Å²) in [5, 5.41) is 11.6. The topological polar surface area (TPSA) is 65.5 Å². The lowest BCUT2D eigenvalue weighted by atomic mass is 10.0. The van der Waals surface area contributed by atoms with Crippen LogP contribution in [0.3, 0.4) is 0 Å². The van der Waals surface area contributed by atoms with Crippen molar-refractivity contribution in [2.75, 3.05) is 23.3 Å².